The molecule has 3 heterocycles. The largest absolute Gasteiger partial charge is 0.478 e. The number of nitrogens with one attached hydrogen (secondary N) is 2. The van der Waals surface area contributed by atoms with Gasteiger partial charge in [0.1, 0.15) is 24.2 Å². The summed E-state index contributed by atoms with van der Waals surface area (Å²) < 4.78 is 11.3. The summed E-state index contributed by atoms with van der Waals surface area (Å²) in [7, 11) is 1.47. The summed E-state index contributed by atoms with van der Waals surface area (Å²) in [5, 5.41) is 16.0. The van der Waals surface area contributed by atoms with Gasteiger partial charge in [-0.2, -0.15) is 0 Å². The van der Waals surface area contributed by atoms with E-state index in [1.165, 1.54) is 7.11 Å². The Balaban J connectivity index is 1.52. The quantitative estimate of drug-likeness (QED) is 0.261. The third-order valence-corrected chi connectivity index (χ3v) is 6.78. The minimum absolute atomic E-state index is 0.0327. The van der Waals surface area contributed by atoms with Crippen LogP contribution in [0.25, 0.3) is 11.3 Å². The summed E-state index contributed by atoms with van der Waals surface area (Å²) in [5.74, 6) is 0.0391. The van der Waals surface area contributed by atoms with Crippen molar-refractivity contribution in [1.82, 2.24) is 10.3 Å². The maximum absolute atomic E-state index is 12.0. The van der Waals surface area contributed by atoms with Crippen molar-refractivity contribution in [2.24, 2.45) is 0 Å². The monoisotopic (exact) mass is 542 g/mol. The van der Waals surface area contributed by atoms with Crippen LogP contribution in [0.1, 0.15) is 39.5 Å². The zero-order chi connectivity index (χ0) is 27.5. The number of carboxylic acid groups (broad SMARTS) is 1. The molecular weight excluding hydrogens is 516 g/mol. The van der Waals surface area contributed by atoms with E-state index < -0.39 is 5.97 Å². The fraction of sp³-hybridized carbons (Fsp3) is 0.172. The average Bonchev–Trinajstić information content (AvgIpc) is 3.55. The first-order valence-electron chi connectivity index (χ1n) is 12.2. The van der Waals surface area contributed by atoms with E-state index in [0.29, 0.717) is 22.3 Å². The number of furan rings is 1. The van der Waals surface area contributed by atoms with E-state index in [-0.39, 0.29) is 30.2 Å². The first-order valence-corrected chi connectivity index (χ1v) is 12.6. The fourth-order valence-electron chi connectivity index (χ4n) is 4.62. The second-order valence-corrected chi connectivity index (χ2v) is 9.45. The van der Waals surface area contributed by atoms with E-state index in [1.807, 2.05) is 60.4 Å². The molecule has 3 N–H and O–H groups in total. The fourth-order valence-corrected chi connectivity index (χ4v) is 4.97. The molecular formula is C29H26N4O5S. The molecule has 1 saturated heterocycles. The van der Waals surface area contributed by atoms with Crippen molar-refractivity contribution in [3.05, 3.63) is 102 Å². The second kappa shape index (κ2) is 11.1. The third-order valence-electron chi connectivity index (χ3n) is 6.47. The Labute approximate surface area is 230 Å². The Morgan fingerprint density at radius 2 is 1.92 bits per heavy atom. The smallest absolute Gasteiger partial charge is 0.335 e. The molecule has 0 aliphatic carbocycles. The Bertz CT molecular complexity index is 1520. The number of nitrogens with zero attached hydrogens (tertiary/aromatic N) is 2. The maximum Gasteiger partial charge on any atom is 0.335 e. The van der Waals surface area contributed by atoms with Crippen LogP contribution in [0.5, 0.6) is 0 Å². The highest BCUT2D eigenvalue weighted by Gasteiger charge is 2.42. The van der Waals surface area contributed by atoms with Crippen molar-refractivity contribution in [3.8, 4) is 11.3 Å². The van der Waals surface area contributed by atoms with Crippen LogP contribution >= 0.6 is 12.2 Å². The van der Waals surface area contributed by atoms with Gasteiger partial charge in [-0.3, -0.25) is 9.78 Å². The molecule has 2 aromatic carbocycles. The highest BCUT2D eigenvalue weighted by molar-refractivity contribution is 7.80. The third kappa shape index (κ3) is 5.38. The van der Waals surface area contributed by atoms with E-state index in [9.17, 15) is 14.7 Å². The zero-order valence-corrected chi connectivity index (χ0v) is 22.1. The van der Waals surface area contributed by atoms with Crippen molar-refractivity contribution in [3.63, 3.8) is 0 Å². The number of amides is 1. The van der Waals surface area contributed by atoms with Gasteiger partial charge in [0, 0.05) is 30.2 Å². The number of aryl methyl sites for hydroxylation is 1. The van der Waals surface area contributed by atoms with Crippen LogP contribution in [0.4, 0.5) is 11.4 Å². The molecule has 9 nitrogen and oxygen atoms in total. The van der Waals surface area contributed by atoms with E-state index in [4.69, 9.17) is 21.4 Å². The molecule has 1 amide bonds. The van der Waals surface area contributed by atoms with Gasteiger partial charge in [-0.05, 0) is 79.3 Å². The lowest BCUT2D eigenvalue weighted by atomic mass is 10.0. The van der Waals surface area contributed by atoms with Gasteiger partial charge in [0.25, 0.3) is 0 Å². The lowest BCUT2D eigenvalue weighted by molar-refractivity contribution is -0.119. The number of methoxy groups -OCH3 is 1. The van der Waals surface area contributed by atoms with Gasteiger partial charge in [0.2, 0.25) is 5.91 Å². The van der Waals surface area contributed by atoms with Gasteiger partial charge in [-0.1, -0.05) is 18.2 Å². The summed E-state index contributed by atoms with van der Waals surface area (Å²) in [4.78, 5) is 29.8. The van der Waals surface area contributed by atoms with Crippen molar-refractivity contribution in [2.75, 3.05) is 23.9 Å². The molecule has 2 aromatic heterocycles. The molecule has 0 spiro atoms. The van der Waals surface area contributed by atoms with Crippen molar-refractivity contribution in [2.45, 2.75) is 19.0 Å². The standard InChI is InChI=1S/C29H26N4O5S/c1-17-15-20(10-11-21(17)31-25(34)16-37-2)33-27(26(32-29(33)39)22-5-3-4-14-30-22)24-13-12-23(38-24)18-6-8-19(9-7-18)28(35)36/h3-15,26-27H,16H2,1-2H3,(H,31,34)(H,32,39)(H,35,36)/t26-,27-/m1/s1. The number of aromatic nitrogens is 1. The van der Waals surface area contributed by atoms with Crippen LogP contribution in [0.15, 0.2) is 83.4 Å². The number of aromatic carboxylic acids is 1. The van der Waals surface area contributed by atoms with Gasteiger partial charge in [0.05, 0.1) is 17.3 Å². The van der Waals surface area contributed by atoms with Gasteiger partial charge in [-0.25, -0.2) is 4.79 Å². The van der Waals surface area contributed by atoms with Gasteiger partial charge in [0.15, 0.2) is 5.11 Å². The molecule has 198 valence electrons. The van der Waals surface area contributed by atoms with Crippen molar-refractivity contribution < 1.29 is 23.8 Å². The summed E-state index contributed by atoms with van der Waals surface area (Å²) in [5.41, 5.74) is 4.13. The number of carbonyl (C=O) groups excluding carboxylic acids is 1. The lowest BCUT2D eigenvalue weighted by Gasteiger charge is -2.26. The molecule has 0 unspecified atom stereocenters. The number of anilines is 2. The summed E-state index contributed by atoms with van der Waals surface area (Å²) in [6.07, 6.45) is 1.74. The highest BCUT2D eigenvalue weighted by atomic mass is 32.1. The average molecular weight is 543 g/mol. The van der Waals surface area contributed by atoms with E-state index >= 15 is 0 Å². The van der Waals surface area contributed by atoms with Gasteiger partial charge >= 0.3 is 5.97 Å². The van der Waals surface area contributed by atoms with Crippen LogP contribution in [-0.2, 0) is 9.53 Å². The number of benzene rings is 2. The van der Waals surface area contributed by atoms with Crippen molar-refractivity contribution in [1.29, 1.82) is 0 Å². The number of ether oxygens (including phenoxy) is 1. The first kappa shape index (κ1) is 26.1. The topological polar surface area (TPSA) is 117 Å². The molecule has 10 heteroatoms. The maximum atomic E-state index is 12.0. The molecule has 4 aromatic rings. The van der Waals surface area contributed by atoms with E-state index in [0.717, 1.165) is 22.5 Å². The molecule has 1 aliphatic heterocycles. The molecule has 0 bridgehead atoms. The van der Waals surface area contributed by atoms with Crippen LogP contribution in [0.3, 0.4) is 0 Å². The minimum atomic E-state index is -0.986. The molecule has 5 rings (SSSR count). The van der Waals surface area contributed by atoms with E-state index in [1.54, 1.807) is 30.5 Å². The number of carboxylic acids is 1. The van der Waals surface area contributed by atoms with Gasteiger partial charge < -0.3 is 29.8 Å². The number of pyridine rings is 1. The number of hydrogen-bond donors (Lipinski definition) is 3. The Hall–Kier alpha value is -4.54. The molecule has 0 saturated carbocycles. The van der Waals surface area contributed by atoms with Crippen LogP contribution in [-0.4, -0.2) is 40.8 Å². The second-order valence-electron chi connectivity index (χ2n) is 9.06. The number of rotatable bonds is 8. The molecule has 1 fully saturated rings. The minimum Gasteiger partial charge on any atom is -0.478 e. The van der Waals surface area contributed by atoms with E-state index in [2.05, 4.69) is 15.6 Å². The van der Waals surface area contributed by atoms with Crippen LogP contribution in [0, 0.1) is 6.92 Å². The number of carbonyl (C=O) groups is 2. The van der Waals surface area contributed by atoms with Crippen molar-refractivity contribution >= 4 is 40.6 Å². The Morgan fingerprint density at radius 1 is 1.13 bits per heavy atom. The zero-order valence-electron chi connectivity index (χ0n) is 21.3. The predicted molar refractivity (Wildman–Crippen MR) is 151 cm³/mol. The summed E-state index contributed by atoms with van der Waals surface area (Å²) in [6, 6.07) is 21.0. The molecule has 39 heavy (non-hydrogen) atoms. The Morgan fingerprint density at radius 3 is 2.59 bits per heavy atom. The number of thiocarbonyl (C=S) groups is 1. The number of hydrogen-bond acceptors (Lipinski definition) is 6. The molecule has 1 aliphatic rings. The van der Waals surface area contributed by atoms with Crippen LogP contribution in [0.2, 0.25) is 0 Å². The summed E-state index contributed by atoms with van der Waals surface area (Å²) in [6.45, 7) is 1.88. The van der Waals surface area contributed by atoms with Gasteiger partial charge in [-0.15, -0.1) is 0 Å². The van der Waals surface area contributed by atoms with Crippen LogP contribution < -0.4 is 15.5 Å². The normalized spacial score (nSPS) is 16.7. The lowest BCUT2D eigenvalue weighted by Crippen LogP contribution is -2.29. The Kier molecular flexibility index (Phi) is 7.40. The predicted octanol–water partition coefficient (Wildman–Crippen LogP) is 5.11. The molecule has 2 atom stereocenters. The highest BCUT2D eigenvalue weighted by Crippen LogP contribution is 2.43. The molecule has 0 radical (unpaired) electrons. The first-order chi connectivity index (χ1) is 18.9. The SMILES string of the molecule is COCC(=O)Nc1ccc(N2C(=S)N[C@H](c3ccccn3)[C@H]2c2ccc(-c3ccc(C(=O)O)cc3)o2)cc1C. The summed E-state index contributed by atoms with van der Waals surface area (Å²) >= 11 is 5.80.